The van der Waals surface area contributed by atoms with Gasteiger partial charge >= 0.3 is 0 Å². The third kappa shape index (κ3) is 3.46. The Balaban J connectivity index is 1.61. The highest BCUT2D eigenvalue weighted by Crippen LogP contribution is 2.31. The molecule has 0 saturated heterocycles. The van der Waals surface area contributed by atoms with Crippen LogP contribution in [0.1, 0.15) is 27.9 Å². The maximum Gasteiger partial charge on any atom is 0.255 e. The molecule has 8 nitrogen and oxygen atoms in total. The molecule has 8 heteroatoms. The lowest BCUT2D eigenvalue weighted by atomic mass is 10.1. The smallest absolute Gasteiger partial charge is 0.255 e. The minimum atomic E-state index is -0.485. The maximum absolute atomic E-state index is 11.8. The van der Waals surface area contributed by atoms with Crippen molar-refractivity contribution in [3.05, 3.63) is 71.4 Å². The van der Waals surface area contributed by atoms with E-state index in [0.29, 0.717) is 23.4 Å². The molecule has 3 N–H and O–H groups in total. The average Bonchev–Trinajstić information content (AvgIpc) is 3.22. The number of primary amides is 1. The van der Waals surface area contributed by atoms with Crippen LogP contribution >= 0.6 is 0 Å². The zero-order valence-electron chi connectivity index (χ0n) is 17.2. The second-order valence-corrected chi connectivity index (χ2v) is 7.70. The van der Waals surface area contributed by atoms with E-state index in [1.807, 2.05) is 31.3 Å². The first kappa shape index (κ1) is 19.0. The first-order chi connectivity index (χ1) is 15.1. The number of amides is 1. The van der Waals surface area contributed by atoms with Crippen LogP contribution < -0.4 is 16.0 Å². The highest BCUT2D eigenvalue weighted by molar-refractivity contribution is 6.05. The lowest BCUT2D eigenvalue weighted by Crippen LogP contribution is -2.28. The van der Waals surface area contributed by atoms with E-state index >= 15 is 0 Å². The van der Waals surface area contributed by atoms with Crippen molar-refractivity contribution < 1.29 is 4.79 Å². The predicted molar refractivity (Wildman–Crippen MR) is 121 cm³/mol. The molecule has 5 rings (SSSR count). The van der Waals surface area contributed by atoms with E-state index in [1.54, 1.807) is 23.0 Å². The first-order valence-electron chi connectivity index (χ1n) is 10.3. The quantitative estimate of drug-likeness (QED) is 0.522. The van der Waals surface area contributed by atoms with Crippen LogP contribution in [0, 0.1) is 0 Å². The van der Waals surface area contributed by atoms with Gasteiger partial charge in [-0.05, 0) is 30.5 Å². The molecule has 0 bridgehead atoms. The van der Waals surface area contributed by atoms with Gasteiger partial charge in [0.15, 0.2) is 0 Å². The minimum absolute atomic E-state index is 0.432. The zero-order valence-corrected chi connectivity index (χ0v) is 17.2. The molecule has 1 aliphatic heterocycles. The molecule has 0 unspecified atom stereocenters. The number of rotatable bonds is 5. The number of aromatic nitrogens is 4. The largest absolute Gasteiger partial charge is 0.366 e. The highest BCUT2D eigenvalue weighted by Gasteiger charge is 2.23. The van der Waals surface area contributed by atoms with Crippen LogP contribution in [0.3, 0.4) is 0 Å². The first-order valence-corrected chi connectivity index (χ1v) is 10.3. The molecule has 4 aromatic rings. The van der Waals surface area contributed by atoms with Gasteiger partial charge in [-0.15, -0.1) is 0 Å². The number of carbonyl (C=O) groups excluding carboxylic acids is 1. The normalized spacial score (nSPS) is 13.3. The summed E-state index contributed by atoms with van der Waals surface area (Å²) in [4.78, 5) is 23.6. The number of carbonyl (C=O) groups is 1. The van der Waals surface area contributed by atoms with Crippen molar-refractivity contribution in [1.82, 2.24) is 19.7 Å². The van der Waals surface area contributed by atoms with Gasteiger partial charge in [-0.25, -0.2) is 0 Å². The molecule has 0 fully saturated rings. The molecule has 0 spiro atoms. The molecule has 3 heterocycles. The fraction of sp³-hybridized carbons (Fsp3) is 0.217. The molecule has 31 heavy (non-hydrogen) atoms. The Hall–Kier alpha value is -3.94. The van der Waals surface area contributed by atoms with Gasteiger partial charge in [0.05, 0.1) is 17.3 Å². The Labute approximate surface area is 179 Å². The molecular weight excluding hydrogens is 390 g/mol. The second-order valence-electron chi connectivity index (χ2n) is 7.70. The number of fused-ring (bicyclic) bond motifs is 2. The third-order valence-electron chi connectivity index (χ3n) is 5.63. The molecule has 1 amide bonds. The summed E-state index contributed by atoms with van der Waals surface area (Å²) in [6.45, 7) is 1.60. The number of benzene rings is 2. The van der Waals surface area contributed by atoms with Gasteiger partial charge in [0.25, 0.3) is 5.95 Å². The molecule has 0 aliphatic carbocycles. The van der Waals surface area contributed by atoms with E-state index in [-0.39, 0.29) is 0 Å². The molecule has 0 radical (unpaired) electrons. The van der Waals surface area contributed by atoms with E-state index in [0.717, 1.165) is 42.1 Å². The van der Waals surface area contributed by atoms with Crippen molar-refractivity contribution in [3.8, 4) is 5.95 Å². The van der Waals surface area contributed by atoms with Crippen LogP contribution in [0.4, 0.5) is 11.6 Å². The van der Waals surface area contributed by atoms with E-state index in [2.05, 4.69) is 27.4 Å². The lowest BCUT2D eigenvalue weighted by molar-refractivity contribution is 0.100. The predicted octanol–water partition coefficient (Wildman–Crippen LogP) is 2.91. The number of anilines is 2. The number of nitrogens with two attached hydrogens (primary N) is 1. The Morgan fingerprint density at radius 2 is 1.97 bits per heavy atom. The zero-order chi connectivity index (χ0) is 21.4. The number of hydrogen-bond acceptors (Lipinski definition) is 6. The summed E-state index contributed by atoms with van der Waals surface area (Å²) in [5.74, 6) is 1.69. The summed E-state index contributed by atoms with van der Waals surface area (Å²) in [6.07, 6.45) is 3.61. The fourth-order valence-electron chi connectivity index (χ4n) is 4.05. The van der Waals surface area contributed by atoms with Crippen molar-refractivity contribution in [2.45, 2.75) is 19.4 Å². The summed E-state index contributed by atoms with van der Waals surface area (Å²) in [6, 6.07) is 15.6. The van der Waals surface area contributed by atoms with Crippen LogP contribution in [0.2, 0.25) is 0 Å². The molecule has 0 saturated carbocycles. The van der Waals surface area contributed by atoms with Gasteiger partial charge in [-0.2, -0.15) is 19.7 Å². The van der Waals surface area contributed by atoms with E-state index in [9.17, 15) is 4.79 Å². The average molecular weight is 413 g/mol. The molecule has 0 atom stereocenters. The molecule has 2 aromatic carbocycles. The maximum atomic E-state index is 11.8. The summed E-state index contributed by atoms with van der Waals surface area (Å²) in [7, 11) is 2.04. The molecule has 1 aliphatic rings. The third-order valence-corrected chi connectivity index (χ3v) is 5.63. The monoisotopic (exact) mass is 413 g/mol. The van der Waals surface area contributed by atoms with Gasteiger partial charge < -0.3 is 16.0 Å². The van der Waals surface area contributed by atoms with Crippen LogP contribution in [0.15, 0.2) is 54.7 Å². The van der Waals surface area contributed by atoms with Crippen molar-refractivity contribution in [2.75, 3.05) is 23.8 Å². The molecule has 2 aromatic heterocycles. The van der Waals surface area contributed by atoms with E-state index in [1.165, 1.54) is 5.56 Å². The van der Waals surface area contributed by atoms with Crippen molar-refractivity contribution in [3.63, 3.8) is 0 Å². The molecular formula is C23H23N7O. The lowest BCUT2D eigenvalue weighted by Gasteiger charge is -2.28. The van der Waals surface area contributed by atoms with Gasteiger partial charge in [0, 0.05) is 31.1 Å². The number of nitrogens with zero attached hydrogens (tertiary/aromatic N) is 5. The summed E-state index contributed by atoms with van der Waals surface area (Å²) in [5.41, 5.74) is 8.99. The van der Waals surface area contributed by atoms with Crippen molar-refractivity contribution in [1.29, 1.82) is 0 Å². The van der Waals surface area contributed by atoms with E-state index in [4.69, 9.17) is 15.7 Å². The summed E-state index contributed by atoms with van der Waals surface area (Å²) in [5, 5.41) is 8.66. The topological polar surface area (TPSA) is 102 Å². The SMILES string of the molecule is CN1CCCc2c(NCc3ccccc3)nc(-n3ncc4c(C(N)=O)cccc43)nc21. The molecule has 156 valence electrons. The standard InChI is InChI=1S/C23H23N7O/c1-29-12-6-10-17-21(25-13-15-7-3-2-4-8-15)27-23(28-22(17)29)30-19-11-5-9-16(20(24)31)18(19)14-26-30/h2-5,7-9,11,14H,6,10,12-13H2,1H3,(H2,24,31)(H,25,27,28). The van der Waals surface area contributed by atoms with Gasteiger partial charge in [0.2, 0.25) is 5.91 Å². The van der Waals surface area contributed by atoms with Gasteiger partial charge in [-0.1, -0.05) is 36.4 Å². The minimum Gasteiger partial charge on any atom is -0.366 e. The van der Waals surface area contributed by atoms with Crippen molar-refractivity contribution >= 4 is 28.4 Å². The van der Waals surface area contributed by atoms with Gasteiger partial charge in [0.1, 0.15) is 11.6 Å². The Morgan fingerprint density at radius 3 is 2.77 bits per heavy atom. The second kappa shape index (κ2) is 7.71. The van der Waals surface area contributed by atoms with Crippen LogP contribution in [0.5, 0.6) is 0 Å². The van der Waals surface area contributed by atoms with Crippen LogP contribution in [0.25, 0.3) is 16.9 Å². The van der Waals surface area contributed by atoms with Gasteiger partial charge in [-0.3, -0.25) is 4.79 Å². The number of nitrogens with one attached hydrogen (secondary N) is 1. The fourth-order valence-corrected chi connectivity index (χ4v) is 4.05. The van der Waals surface area contributed by atoms with Crippen LogP contribution in [-0.4, -0.2) is 39.2 Å². The summed E-state index contributed by atoms with van der Waals surface area (Å²) >= 11 is 0. The Morgan fingerprint density at radius 1 is 1.13 bits per heavy atom. The summed E-state index contributed by atoms with van der Waals surface area (Å²) < 4.78 is 1.66. The highest BCUT2D eigenvalue weighted by atomic mass is 16.1. The van der Waals surface area contributed by atoms with E-state index < -0.39 is 5.91 Å². The Bertz CT molecular complexity index is 1270. The number of hydrogen-bond donors (Lipinski definition) is 2. The Kier molecular flexibility index (Phi) is 4.74. The van der Waals surface area contributed by atoms with Crippen molar-refractivity contribution in [2.24, 2.45) is 5.73 Å². The van der Waals surface area contributed by atoms with Crippen LogP contribution in [-0.2, 0) is 13.0 Å².